The number of carbonyl (C=O) groups excluding carboxylic acids is 1. The van der Waals surface area contributed by atoms with Crippen LogP contribution in [0.15, 0.2) is 36.8 Å². The molecule has 8 heteroatoms. The summed E-state index contributed by atoms with van der Waals surface area (Å²) in [5, 5.41) is 8.42. The molecule has 4 rings (SSSR count). The minimum absolute atomic E-state index is 0.0775. The van der Waals surface area contributed by atoms with Crippen LogP contribution < -0.4 is 5.32 Å². The van der Waals surface area contributed by atoms with E-state index < -0.39 is 0 Å². The summed E-state index contributed by atoms with van der Waals surface area (Å²) in [6.45, 7) is 1.51. The first-order chi connectivity index (χ1) is 14.0. The molecule has 2 aromatic heterocycles. The molecule has 1 saturated heterocycles. The molecule has 0 atom stereocenters. The van der Waals surface area contributed by atoms with Gasteiger partial charge in [-0.2, -0.15) is 5.10 Å². The Kier molecular flexibility index (Phi) is 5.53. The number of nitrogens with zero attached hydrogens (tertiary/aromatic N) is 4. The van der Waals surface area contributed by atoms with Crippen molar-refractivity contribution in [3.63, 3.8) is 0 Å². The number of likely N-dealkylation sites (tertiary alicyclic amines) is 1. The lowest BCUT2D eigenvalue weighted by atomic mass is 9.96. The van der Waals surface area contributed by atoms with Gasteiger partial charge < -0.3 is 10.2 Å². The van der Waals surface area contributed by atoms with Crippen molar-refractivity contribution in [3.05, 3.63) is 42.6 Å². The van der Waals surface area contributed by atoms with Crippen LogP contribution >= 0.6 is 0 Å². The van der Waals surface area contributed by atoms with Crippen LogP contribution in [0.1, 0.15) is 12.8 Å². The lowest BCUT2D eigenvalue weighted by molar-refractivity contribution is -0.121. The number of aryl methyl sites for hydroxylation is 1. The first-order valence-corrected chi connectivity index (χ1v) is 9.71. The molecular weight excluding hydrogens is 376 g/mol. The summed E-state index contributed by atoms with van der Waals surface area (Å²) in [6, 6.07) is 4.94. The number of amides is 1. The Hall–Kier alpha value is -2.87. The number of rotatable bonds is 5. The number of halogens is 2. The highest BCUT2D eigenvalue weighted by Gasteiger charge is 2.25. The van der Waals surface area contributed by atoms with Gasteiger partial charge in [-0.3, -0.25) is 9.48 Å². The van der Waals surface area contributed by atoms with Gasteiger partial charge in [0.05, 0.1) is 6.20 Å². The number of anilines is 1. The fourth-order valence-electron chi connectivity index (χ4n) is 3.78. The Morgan fingerprint density at radius 1 is 1.21 bits per heavy atom. The van der Waals surface area contributed by atoms with Gasteiger partial charge >= 0.3 is 0 Å². The number of aromatic nitrogens is 3. The maximum Gasteiger partial charge on any atom is 0.228 e. The van der Waals surface area contributed by atoms with E-state index in [4.69, 9.17) is 0 Å². The quantitative estimate of drug-likeness (QED) is 0.714. The number of alkyl halides is 1. The normalized spacial score (nSPS) is 15.7. The molecular formula is C21H23F2N5O. The van der Waals surface area contributed by atoms with Crippen molar-refractivity contribution in [2.24, 2.45) is 13.0 Å². The van der Waals surface area contributed by atoms with E-state index in [1.807, 2.05) is 4.90 Å². The summed E-state index contributed by atoms with van der Waals surface area (Å²) >= 11 is 0. The van der Waals surface area contributed by atoms with Crippen LogP contribution in [0.25, 0.3) is 21.9 Å². The van der Waals surface area contributed by atoms with Crippen LogP contribution in [-0.4, -0.2) is 51.9 Å². The zero-order valence-electron chi connectivity index (χ0n) is 16.2. The molecule has 0 bridgehead atoms. The van der Waals surface area contributed by atoms with Crippen LogP contribution in [-0.2, 0) is 11.8 Å². The van der Waals surface area contributed by atoms with Gasteiger partial charge in [0.2, 0.25) is 5.91 Å². The molecule has 1 aliphatic rings. The molecule has 1 fully saturated rings. The highest BCUT2D eigenvalue weighted by Crippen LogP contribution is 2.28. The molecule has 0 saturated carbocycles. The highest BCUT2D eigenvalue weighted by atomic mass is 19.1. The van der Waals surface area contributed by atoms with Crippen molar-refractivity contribution in [2.75, 3.05) is 31.6 Å². The molecule has 6 nitrogen and oxygen atoms in total. The lowest BCUT2D eigenvalue weighted by Crippen LogP contribution is -2.39. The van der Waals surface area contributed by atoms with Crippen LogP contribution in [0.2, 0.25) is 0 Å². The van der Waals surface area contributed by atoms with Crippen molar-refractivity contribution in [1.82, 2.24) is 19.7 Å². The van der Waals surface area contributed by atoms with Crippen LogP contribution in [0.4, 0.5) is 14.6 Å². The topological polar surface area (TPSA) is 63.1 Å². The Balaban J connectivity index is 1.51. The van der Waals surface area contributed by atoms with Gasteiger partial charge in [-0.05, 0) is 49.5 Å². The van der Waals surface area contributed by atoms with Crippen LogP contribution in [0.5, 0.6) is 0 Å². The van der Waals surface area contributed by atoms with Gasteiger partial charge in [0.25, 0.3) is 0 Å². The van der Waals surface area contributed by atoms with Crippen LogP contribution in [0, 0.1) is 11.7 Å². The van der Waals surface area contributed by atoms with E-state index in [1.165, 1.54) is 6.07 Å². The fraction of sp³-hybridized carbons (Fsp3) is 0.381. The third-order valence-electron chi connectivity index (χ3n) is 5.43. The molecule has 3 aromatic rings. The predicted octanol–water partition coefficient (Wildman–Crippen LogP) is 3.39. The first-order valence-electron chi connectivity index (χ1n) is 9.71. The summed E-state index contributed by atoms with van der Waals surface area (Å²) in [5.41, 5.74) is 1.14. The lowest BCUT2D eigenvalue weighted by Gasteiger charge is -2.30. The Bertz CT molecular complexity index is 1030. The van der Waals surface area contributed by atoms with Gasteiger partial charge in [-0.25, -0.2) is 13.8 Å². The molecule has 1 aromatic carbocycles. The number of carbonyl (C=O) groups is 1. The SMILES string of the molecule is Cn1cc(-c2cc3cc(NC(=O)C4CCN(CCF)CC4)ncc3cc2F)cn1. The third-order valence-corrected chi connectivity index (χ3v) is 5.43. The van der Waals surface area contributed by atoms with Crippen molar-refractivity contribution in [1.29, 1.82) is 0 Å². The maximum absolute atomic E-state index is 14.5. The van der Waals surface area contributed by atoms with Gasteiger partial charge in [-0.15, -0.1) is 0 Å². The van der Waals surface area contributed by atoms with Gasteiger partial charge in [-0.1, -0.05) is 0 Å². The minimum Gasteiger partial charge on any atom is -0.310 e. The van der Waals surface area contributed by atoms with E-state index in [2.05, 4.69) is 15.4 Å². The summed E-state index contributed by atoms with van der Waals surface area (Å²) in [5.74, 6) is -0.0876. The zero-order chi connectivity index (χ0) is 20.4. The maximum atomic E-state index is 14.5. The van der Waals surface area contributed by atoms with Crippen molar-refractivity contribution < 1.29 is 13.6 Å². The molecule has 0 aliphatic carbocycles. The number of fused-ring (bicyclic) bond motifs is 1. The molecule has 0 radical (unpaired) electrons. The fourth-order valence-corrected chi connectivity index (χ4v) is 3.78. The molecule has 1 N–H and O–H groups in total. The van der Waals surface area contributed by atoms with E-state index in [-0.39, 0.29) is 24.3 Å². The largest absolute Gasteiger partial charge is 0.310 e. The molecule has 3 heterocycles. The Morgan fingerprint density at radius 3 is 2.69 bits per heavy atom. The third kappa shape index (κ3) is 4.27. The second-order valence-electron chi connectivity index (χ2n) is 7.45. The van der Waals surface area contributed by atoms with Crippen molar-refractivity contribution >= 4 is 22.5 Å². The smallest absolute Gasteiger partial charge is 0.228 e. The molecule has 1 amide bonds. The van der Waals surface area contributed by atoms with E-state index in [0.717, 1.165) is 18.5 Å². The van der Waals surface area contributed by atoms with E-state index in [0.29, 0.717) is 41.7 Å². The van der Waals surface area contributed by atoms with Gasteiger partial charge in [0.1, 0.15) is 18.3 Å². The average molecular weight is 399 g/mol. The van der Waals surface area contributed by atoms with Crippen molar-refractivity contribution in [3.8, 4) is 11.1 Å². The summed E-state index contributed by atoms with van der Waals surface area (Å²) < 4.78 is 28.6. The van der Waals surface area contributed by atoms with Gasteiger partial charge in [0.15, 0.2) is 0 Å². The Labute approximate surface area is 167 Å². The summed E-state index contributed by atoms with van der Waals surface area (Å²) in [7, 11) is 1.78. The molecule has 152 valence electrons. The second-order valence-corrected chi connectivity index (χ2v) is 7.45. The van der Waals surface area contributed by atoms with E-state index >= 15 is 0 Å². The highest BCUT2D eigenvalue weighted by molar-refractivity contribution is 5.95. The minimum atomic E-state index is -0.362. The molecule has 29 heavy (non-hydrogen) atoms. The first kappa shape index (κ1) is 19.4. The molecule has 0 spiro atoms. The number of pyridine rings is 1. The predicted molar refractivity (Wildman–Crippen MR) is 108 cm³/mol. The zero-order valence-corrected chi connectivity index (χ0v) is 16.2. The molecule has 1 aliphatic heterocycles. The number of piperidine rings is 1. The standard InChI is InChI=1S/C21H23F2N5O/c1-27-13-17(12-25-27)18-8-15-10-20(24-11-16(15)9-19(18)23)26-21(29)14-2-5-28(6-3-14)7-4-22/h8-14H,2-7H2,1H3,(H,24,26,29). The van der Waals surface area contributed by atoms with Crippen molar-refractivity contribution in [2.45, 2.75) is 12.8 Å². The average Bonchev–Trinajstić information content (AvgIpc) is 3.14. The number of hydrogen-bond donors (Lipinski definition) is 1. The monoisotopic (exact) mass is 399 g/mol. The summed E-state index contributed by atoms with van der Waals surface area (Å²) in [4.78, 5) is 18.9. The van der Waals surface area contributed by atoms with E-state index in [1.54, 1.807) is 42.5 Å². The van der Waals surface area contributed by atoms with E-state index in [9.17, 15) is 13.6 Å². The molecule has 0 unspecified atom stereocenters. The number of benzene rings is 1. The summed E-state index contributed by atoms with van der Waals surface area (Å²) in [6.07, 6.45) is 6.34. The Morgan fingerprint density at radius 2 is 2.00 bits per heavy atom. The second kappa shape index (κ2) is 8.24. The number of nitrogens with one attached hydrogen (secondary N) is 1. The van der Waals surface area contributed by atoms with Gasteiger partial charge in [0, 0.05) is 48.4 Å². The number of hydrogen-bond acceptors (Lipinski definition) is 4. The van der Waals surface area contributed by atoms with Crippen LogP contribution in [0.3, 0.4) is 0 Å².